The topological polar surface area (TPSA) is 151 Å². The third-order valence-electron chi connectivity index (χ3n) is 7.06. The normalized spacial score (nSPS) is 22.6. The van der Waals surface area contributed by atoms with Crippen LogP contribution in [-0.4, -0.2) is 60.3 Å². The van der Waals surface area contributed by atoms with Crippen LogP contribution in [0.15, 0.2) is 24.4 Å². The van der Waals surface area contributed by atoms with Crippen LogP contribution < -0.4 is 16.5 Å². The predicted octanol–water partition coefficient (Wildman–Crippen LogP) is 1.91. The molecule has 1 amide bonds. The van der Waals surface area contributed by atoms with Gasteiger partial charge in [0.1, 0.15) is 5.56 Å². The van der Waals surface area contributed by atoms with Gasteiger partial charge in [0, 0.05) is 18.5 Å². The van der Waals surface area contributed by atoms with Gasteiger partial charge in [-0.25, -0.2) is 4.79 Å². The maximum atomic E-state index is 12.7. The molecule has 0 radical (unpaired) electrons. The van der Waals surface area contributed by atoms with Crippen molar-refractivity contribution in [3.05, 3.63) is 35.5 Å². The number of esters is 1. The third-order valence-corrected chi connectivity index (χ3v) is 7.06. The molecule has 3 N–H and O–H groups in total. The van der Waals surface area contributed by atoms with Crippen LogP contribution in [0.2, 0.25) is 0 Å². The Labute approximate surface area is 210 Å². The number of nitrogens with one attached hydrogen (secondary N) is 1. The zero-order valence-corrected chi connectivity index (χ0v) is 21.0. The minimum atomic E-state index is -0.771. The van der Waals surface area contributed by atoms with Crippen molar-refractivity contribution in [3.63, 3.8) is 0 Å². The van der Waals surface area contributed by atoms with E-state index in [1.54, 1.807) is 18.2 Å². The van der Waals surface area contributed by atoms with Gasteiger partial charge in [-0.15, -0.1) is 0 Å². The number of nitrogens with zero attached hydrogens (tertiary/aromatic N) is 3. The molecule has 12 heteroatoms. The molecule has 190 valence electrons. The lowest BCUT2D eigenvalue weighted by Crippen LogP contribution is -2.41. The Morgan fingerprint density at radius 2 is 1.94 bits per heavy atom. The maximum Gasteiger partial charge on any atom is 0.495 e. The molecular weight excluding hydrogens is 465 g/mol. The summed E-state index contributed by atoms with van der Waals surface area (Å²) in [4.78, 5) is 24.8. The highest BCUT2D eigenvalue weighted by molar-refractivity contribution is 6.63. The highest BCUT2D eigenvalue weighted by atomic mass is 16.7. The van der Waals surface area contributed by atoms with Crippen LogP contribution in [0.25, 0.3) is 0 Å². The molecule has 36 heavy (non-hydrogen) atoms. The van der Waals surface area contributed by atoms with Crippen LogP contribution >= 0.6 is 0 Å². The molecular formula is C24H30BN5O6. The molecule has 2 aromatic rings. The van der Waals surface area contributed by atoms with Crippen LogP contribution in [0.3, 0.4) is 0 Å². The first-order valence-electron chi connectivity index (χ1n) is 11.7. The quantitative estimate of drug-likeness (QED) is 0.452. The van der Waals surface area contributed by atoms with Crippen molar-refractivity contribution in [3.8, 4) is 6.07 Å². The van der Waals surface area contributed by atoms with Gasteiger partial charge >= 0.3 is 13.1 Å². The number of hydrogen-bond acceptors (Lipinski definition) is 9. The summed E-state index contributed by atoms with van der Waals surface area (Å²) in [6.07, 6.45) is 2.08. The predicted molar refractivity (Wildman–Crippen MR) is 131 cm³/mol. The van der Waals surface area contributed by atoms with Crippen LogP contribution in [0.1, 0.15) is 60.9 Å². The number of carbonyl (C=O) groups excluding carboxylic acids is 2. The summed E-state index contributed by atoms with van der Waals surface area (Å²) < 4.78 is 24.3. The van der Waals surface area contributed by atoms with Crippen LogP contribution in [0.4, 0.5) is 11.5 Å². The molecule has 0 bridgehead atoms. The molecule has 1 aromatic carbocycles. The number of benzene rings is 1. The highest BCUT2D eigenvalue weighted by Gasteiger charge is 2.52. The van der Waals surface area contributed by atoms with E-state index in [1.165, 1.54) is 18.0 Å². The molecule has 2 fully saturated rings. The number of nitrogens with two attached hydrogens (primary N) is 1. The Hall–Kier alpha value is -3.40. The fourth-order valence-electron chi connectivity index (χ4n) is 4.20. The van der Waals surface area contributed by atoms with E-state index in [2.05, 4.69) is 16.5 Å². The van der Waals surface area contributed by atoms with Crippen molar-refractivity contribution in [2.75, 3.05) is 25.6 Å². The molecule has 2 atom stereocenters. The molecule has 2 unspecified atom stereocenters. The molecule has 3 heterocycles. The fraction of sp³-hybridized carbons (Fsp3) is 0.500. The Morgan fingerprint density at radius 1 is 1.25 bits per heavy atom. The van der Waals surface area contributed by atoms with E-state index in [1.807, 2.05) is 27.7 Å². The van der Waals surface area contributed by atoms with Crippen molar-refractivity contribution >= 4 is 36.0 Å². The standard InChI is InChI=1S/C24H30BN5O6/c1-23(2)24(3,4)36-25(35-23)18-7-6-15(10-16(18)22(32)33-5)28-21-17(20(27)31)12-30(29-21)19-13-34-9-8-14(19)11-26/h6-7,10,12,14,19H,8-9,13H2,1-5H3,(H2,27,31)(H,28,29). The minimum absolute atomic E-state index is 0.145. The average Bonchev–Trinajstić information content (AvgIpc) is 3.35. The molecule has 0 aliphatic carbocycles. The number of anilines is 2. The number of ether oxygens (including phenoxy) is 2. The third kappa shape index (κ3) is 4.69. The lowest BCUT2D eigenvalue weighted by molar-refractivity contribution is 0.00578. The van der Waals surface area contributed by atoms with Gasteiger partial charge in [-0.1, -0.05) is 6.07 Å². The Morgan fingerprint density at radius 3 is 2.56 bits per heavy atom. The molecule has 2 saturated heterocycles. The minimum Gasteiger partial charge on any atom is -0.465 e. The van der Waals surface area contributed by atoms with E-state index in [4.69, 9.17) is 24.5 Å². The van der Waals surface area contributed by atoms with Gasteiger partial charge in [0.15, 0.2) is 5.82 Å². The lowest BCUT2D eigenvalue weighted by atomic mass is 9.75. The zero-order chi connectivity index (χ0) is 26.3. The number of amides is 1. The maximum absolute atomic E-state index is 12.7. The summed E-state index contributed by atoms with van der Waals surface area (Å²) >= 11 is 0. The molecule has 2 aliphatic rings. The first kappa shape index (κ1) is 25.7. The first-order valence-corrected chi connectivity index (χ1v) is 11.7. The number of rotatable bonds is 6. The second-order valence-corrected chi connectivity index (χ2v) is 9.91. The summed E-state index contributed by atoms with van der Waals surface area (Å²) in [7, 11) is 0.522. The van der Waals surface area contributed by atoms with Gasteiger partial charge in [-0.05, 0) is 51.7 Å². The average molecular weight is 495 g/mol. The van der Waals surface area contributed by atoms with Crippen molar-refractivity contribution in [2.45, 2.75) is 51.4 Å². The Kier molecular flexibility index (Phi) is 6.83. The summed E-state index contributed by atoms with van der Waals surface area (Å²) in [5.41, 5.74) is 5.80. The van der Waals surface area contributed by atoms with E-state index < -0.39 is 30.2 Å². The first-order chi connectivity index (χ1) is 17.0. The van der Waals surface area contributed by atoms with Crippen molar-refractivity contribution in [2.24, 2.45) is 11.7 Å². The molecule has 0 spiro atoms. The van der Waals surface area contributed by atoms with Crippen molar-refractivity contribution < 1.29 is 28.4 Å². The zero-order valence-electron chi connectivity index (χ0n) is 21.0. The number of primary amides is 1. The smallest absolute Gasteiger partial charge is 0.465 e. The van der Waals surface area contributed by atoms with Gasteiger partial charge in [0.05, 0.1) is 48.5 Å². The van der Waals surface area contributed by atoms with E-state index in [0.29, 0.717) is 30.8 Å². The van der Waals surface area contributed by atoms with E-state index in [9.17, 15) is 14.9 Å². The summed E-state index contributed by atoms with van der Waals surface area (Å²) in [5.74, 6) is -1.36. The molecule has 0 saturated carbocycles. The number of methoxy groups -OCH3 is 1. The van der Waals surface area contributed by atoms with Gasteiger partial charge in [-0.2, -0.15) is 10.4 Å². The highest BCUT2D eigenvalue weighted by Crippen LogP contribution is 2.37. The van der Waals surface area contributed by atoms with Crippen LogP contribution in [-0.2, 0) is 18.8 Å². The Balaban J connectivity index is 1.67. The number of carbonyl (C=O) groups is 2. The molecule has 2 aliphatic heterocycles. The largest absolute Gasteiger partial charge is 0.495 e. The summed E-state index contributed by atoms with van der Waals surface area (Å²) in [6.45, 7) is 8.50. The lowest BCUT2D eigenvalue weighted by Gasteiger charge is -2.32. The van der Waals surface area contributed by atoms with Gasteiger partial charge in [0.2, 0.25) is 0 Å². The Bertz CT molecular complexity index is 1200. The molecule has 11 nitrogen and oxygen atoms in total. The number of nitriles is 1. The monoisotopic (exact) mass is 495 g/mol. The summed E-state index contributed by atoms with van der Waals surface area (Å²) in [5, 5.41) is 17.1. The van der Waals surface area contributed by atoms with Crippen molar-refractivity contribution in [1.82, 2.24) is 9.78 Å². The second kappa shape index (κ2) is 9.57. The van der Waals surface area contributed by atoms with Gasteiger partial charge < -0.3 is 29.8 Å². The SMILES string of the molecule is COC(=O)c1cc(Nc2nn(C3COCCC3C#N)cc2C(N)=O)ccc1B1OC(C)(C)C(C)(C)O1. The molecule has 4 rings (SSSR count). The van der Waals surface area contributed by atoms with E-state index in [-0.39, 0.29) is 28.9 Å². The van der Waals surface area contributed by atoms with Crippen molar-refractivity contribution in [1.29, 1.82) is 5.26 Å². The van der Waals surface area contributed by atoms with Crippen LogP contribution in [0, 0.1) is 17.2 Å². The van der Waals surface area contributed by atoms with Gasteiger partial charge in [-0.3, -0.25) is 9.48 Å². The number of aromatic nitrogens is 2. The number of hydrogen-bond donors (Lipinski definition) is 2. The van der Waals surface area contributed by atoms with E-state index in [0.717, 1.165) is 0 Å². The molecule has 1 aromatic heterocycles. The summed E-state index contributed by atoms with van der Waals surface area (Å²) in [6, 6.07) is 6.93. The fourth-order valence-corrected chi connectivity index (χ4v) is 4.20. The van der Waals surface area contributed by atoms with Gasteiger partial charge in [0.25, 0.3) is 5.91 Å². The second-order valence-electron chi connectivity index (χ2n) is 9.91. The van der Waals surface area contributed by atoms with E-state index >= 15 is 0 Å². The van der Waals surface area contributed by atoms with Crippen LogP contribution in [0.5, 0.6) is 0 Å².